The summed E-state index contributed by atoms with van der Waals surface area (Å²) < 4.78 is 13.3. The van der Waals surface area contributed by atoms with Crippen molar-refractivity contribution < 1.29 is 14.3 Å². The van der Waals surface area contributed by atoms with Crippen LogP contribution in [-0.4, -0.2) is 29.0 Å². The van der Waals surface area contributed by atoms with E-state index in [0.29, 0.717) is 11.1 Å². The summed E-state index contributed by atoms with van der Waals surface area (Å²) in [5.41, 5.74) is 2.01. The topological polar surface area (TPSA) is 40.5 Å². The fourth-order valence-electron chi connectivity index (χ4n) is 2.83. The molecule has 0 bridgehead atoms. The summed E-state index contributed by atoms with van der Waals surface area (Å²) in [6.07, 6.45) is 3.31. The highest BCUT2D eigenvalue weighted by molar-refractivity contribution is 5.94. The molecule has 3 rings (SSSR count). The van der Waals surface area contributed by atoms with E-state index in [9.17, 15) is 14.3 Å². The number of phenolic OH excluding ortho intramolecular Hbond substituents is 1. The molecule has 1 aliphatic heterocycles. The predicted molar refractivity (Wildman–Crippen MR) is 83.3 cm³/mol. The Bertz CT molecular complexity index is 656. The zero-order chi connectivity index (χ0) is 15.5. The molecule has 2 aromatic carbocycles. The Morgan fingerprint density at radius 2 is 1.64 bits per heavy atom. The molecule has 3 nitrogen and oxygen atoms in total. The van der Waals surface area contributed by atoms with Crippen LogP contribution in [0.2, 0.25) is 0 Å². The highest BCUT2D eigenvalue weighted by Gasteiger charge is 2.17. The van der Waals surface area contributed by atoms with E-state index in [1.807, 2.05) is 4.90 Å². The maximum absolute atomic E-state index is 13.3. The molecule has 0 saturated carbocycles. The smallest absolute Gasteiger partial charge is 0.253 e. The van der Waals surface area contributed by atoms with Crippen molar-refractivity contribution >= 4 is 5.91 Å². The summed E-state index contributed by atoms with van der Waals surface area (Å²) in [5.74, 6) is -0.541. The van der Waals surface area contributed by atoms with Crippen LogP contribution in [-0.2, 0) is 0 Å². The molecule has 22 heavy (non-hydrogen) atoms. The van der Waals surface area contributed by atoms with Crippen molar-refractivity contribution in [2.24, 2.45) is 0 Å². The monoisotopic (exact) mass is 299 g/mol. The van der Waals surface area contributed by atoms with Crippen LogP contribution in [0.15, 0.2) is 42.5 Å². The van der Waals surface area contributed by atoms with Crippen LogP contribution in [0.3, 0.4) is 0 Å². The second-order valence-electron chi connectivity index (χ2n) is 5.63. The third-order valence-corrected chi connectivity index (χ3v) is 3.99. The minimum atomic E-state index is -0.483. The molecule has 0 aromatic heterocycles. The van der Waals surface area contributed by atoms with Gasteiger partial charge in [-0.2, -0.15) is 0 Å². The van der Waals surface area contributed by atoms with Gasteiger partial charge in [-0.25, -0.2) is 4.39 Å². The van der Waals surface area contributed by atoms with Crippen molar-refractivity contribution in [3.8, 4) is 16.9 Å². The average molecular weight is 299 g/mol. The first kappa shape index (κ1) is 14.6. The lowest BCUT2D eigenvalue weighted by atomic mass is 10.0. The summed E-state index contributed by atoms with van der Waals surface area (Å²) in [6.45, 7) is 1.64. The van der Waals surface area contributed by atoms with Crippen LogP contribution in [0.25, 0.3) is 11.1 Å². The number of piperidine rings is 1. The summed E-state index contributed by atoms with van der Waals surface area (Å²) in [5, 5.41) is 9.47. The van der Waals surface area contributed by atoms with Crippen molar-refractivity contribution in [3.05, 3.63) is 53.8 Å². The summed E-state index contributed by atoms with van der Waals surface area (Å²) in [7, 11) is 0. The van der Waals surface area contributed by atoms with Gasteiger partial charge in [0.1, 0.15) is 11.6 Å². The second-order valence-corrected chi connectivity index (χ2v) is 5.63. The van der Waals surface area contributed by atoms with Crippen molar-refractivity contribution in [2.75, 3.05) is 13.1 Å². The van der Waals surface area contributed by atoms with Gasteiger partial charge in [0.25, 0.3) is 5.91 Å². The molecule has 1 heterocycles. The SMILES string of the molecule is O=C(c1ccc(-c2cc(O)cc(F)c2)cc1)N1CCCCC1. The van der Waals surface area contributed by atoms with Gasteiger partial charge in [0.2, 0.25) is 0 Å². The van der Waals surface area contributed by atoms with E-state index in [-0.39, 0.29) is 11.7 Å². The number of hydrogen-bond donors (Lipinski definition) is 1. The van der Waals surface area contributed by atoms with E-state index in [4.69, 9.17) is 0 Å². The number of carbonyl (C=O) groups excluding carboxylic acids is 1. The summed E-state index contributed by atoms with van der Waals surface area (Å²) >= 11 is 0. The number of amides is 1. The van der Waals surface area contributed by atoms with E-state index in [1.165, 1.54) is 18.6 Å². The number of carbonyl (C=O) groups is 1. The molecule has 1 saturated heterocycles. The molecule has 1 aliphatic rings. The van der Waals surface area contributed by atoms with Gasteiger partial charge in [0.05, 0.1) is 0 Å². The first-order valence-corrected chi connectivity index (χ1v) is 7.53. The predicted octanol–water partition coefficient (Wildman–Crippen LogP) is 3.82. The molecule has 1 N–H and O–H groups in total. The van der Waals surface area contributed by atoms with E-state index in [0.717, 1.165) is 37.6 Å². The highest BCUT2D eigenvalue weighted by atomic mass is 19.1. The molecule has 0 atom stereocenters. The zero-order valence-electron chi connectivity index (χ0n) is 12.3. The fraction of sp³-hybridized carbons (Fsp3) is 0.278. The molecule has 0 spiro atoms. The van der Waals surface area contributed by atoms with Gasteiger partial charge >= 0.3 is 0 Å². The third kappa shape index (κ3) is 3.11. The first-order chi connectivity index (χ1) is 10.6. The van der Waals surface area contributed by atoms with Crippen LogP contribution < -0.4 is 0 Å². The molecule has 1 fully saturated rings. The second kappa shape index (κ2) is 6.18. The van der Waals surface area contributed by atoms with Crippen molar-refractivity contribution in [2.45, 2.75) is 19.3 Å². The molecule has 1 amide bonds. The summed E-state index contributed by atoms with van der Waals surface area (Å²) in [6, 6.07) is 11.0. The Kier molecular flexibility index (Phi) is 4.09. The van der Waals surface area contributed by atoms with Gasteiger partial charge in [-0.05, 0) is 54.7 Å². The Labute approximate surface area is 129 Å². The van der Waals surface area contributed by atoms with E-state index >= 15 is 0 Å². The van der Waals surface area contributed by atoms with Crippen molar-refractivity contribution in [1.29, 1.82) is 0 Å². The number of likely N-dealkylation sites (tertiary alicyclic amines) is 1. The average Bonchev–Trinajstić information content (AvgIpc) is 2.54. The number of phenols is 1. The van der Waals surface area contributed by atoms with Gasteiger partial charge in [-0.15, -0.1) is 0 Å². The molecule has 4 heteroatoms. The zero-order valence-corrected chi connectivity index (χ0v) is 12.3. The van der Waals surface area contributed by atoms with Gasteiger partial charge in [-0.1, -0.05) is 12.1 Å². The van der Waals surface area contributed by atoms with Gasteiger partial charge in [0, 0.05) is 24.7 Å². The minimum absolute atomic E-state index is 0.0494. The van der Waals surface area contributed by atoms with Crippen LogP contribution in [0.5, 0.6) is 5.75 Å². The van der Waals surface area contributed by atoms with Crippen molar-refractivity contribution in [3.63, 3.8) is 0 Å². The molecule has 0 aliphatic carbocycles. The molecule has 114 valence electrons. The molecule has 2 aromatic rings. The van der Waals surface area contributed by atoms with E-state index in [2.05, 4.69) is 0 Å². The molecule has 0 unspecified atom stereocenters. The first-order valence-electron chi connectivity index (χ1n) is 7.53. The van der Waals surface area contributed by atoms with Gasteiger partial charge in [0.15, 0.2) is 0 Å². The number of halogens is 1. The van der Waals surface area contributed by atoms with Crippen LogP contribution in [0.4, 0.5) is 4.39 Å². The lowest BCUT2D eigenvalue weighted by Crippen LogP contribution is -2.35. The summed E-state index contributed by atoms with van der Waals surface area (Å²) in [4.78, 5) is 14.3. The Hall–Kier alpha value is -2.36. The maximum Gasteiger partial charge on any atom is 0.253 e. The minimum Gasteiger partial charge on any atom is -0.508 e. The van der Waals surface area contributed by atoms with E-state index in [1.54, 1.807) is 24.3 Å². The van der Waals surface area contributed by atoms with Crippen molar-refractivity contribution in [1.82, 2.24) is 4.90 Å². The Morgan fingerprint density at radius 1 is 0.955 bits per heavy atom. The van der Waals surface area contributed by atoms with Crippen LogP contribution in [0.1, 0.15) is 29.6 Å². The molecular weight excluding hydrogens is 281 g/mol. The molecule has 0 radical (unpaired) electrons. The molecular formula is C18H18FNO2. The normalized spacial score (nSPS) is 14.9. The standard InChI is InChI=1S/C18H18FNO2/c19-16-10-15(11-17(21)12-16)13-4-6-14(7-5-13)18(22)20-8-2-1-3-9-20/h4-7,10-12,21H,1-3,8-9H2. The number of nitrogens with zero attached hydrogens (tertiary/aromatic N) is 1. The maximum atomic E-state index is 13.3. The van der Waals surface area contributed by atoms with Crippen LogP contribution in [0, 0.1) is 5.82 Å². The fourth-order valence-corrected chi connectivity index (χ4v) is 2.83. The number of benzene rings is 2. The van der Waals surface area contributed by atoms with Gasteiger partial charge in [-0.3, -0.25) is 4.79 Å². The van der Waals surface area contributed by atoms with Crippen LogP contribution >= 0.6 is 0 Å². The number of aromatic hydroxyl groups is 1. The van der Waals surface area contributed by atoms with E-state index < -0.39 is 5.82 Å². The quantitative estimate of drug-likeness (QED) is 0.915. The number of rotatable bonds is 2. The Morgan fingerprint density at radius 3 is 2.27 bits per heavy atom. The van der Waals surface area contributed by atoms with Gasteiger partial charge < -0.3 is 10.0 Å². The lowest BCUT2D eigenvalue weighted by Gasteiger charge is -2.26. The Balaban J connectivity index is 1.81. The lowest BCUT2D eigenvalue weighted by molar-refractivity contribution is 0.0724. The highest BCUT2D eigenvalue weighted by Crippen LogP contribution is 2.25. The third-order valence-electron chi connectivity index (χ3n) is 3.99. The largest absolute Gasteiger partial charge is 0.508 e. The number of hydrogen-bond acceptors (Lipinski definition) is 2.